The first kappa shape index (κ1) is 17.3. The summed E-state index contributed by atoms with van der Waals surface area (Å²) in [7, 11) is 0. The van der Waals surface area contributed by atoms with Crippen molar-refractivity contribution in [3.63, 3.8) is 0 Å². The molecule has 3 rings (SSSR count). The zero-order chi connectivity index (χ0) is 18.5. The van der Waals surface area contributed by atoms with E-state index in [0.717, 1.165) is 29.7 Å². The van der Waals surface area contributed by atoms with E-state index in [4.69, 9.17) is 4.74 Å². The van der Waals surface area contributed by atoms with Crippen molar-refractivity contribution in [1.29, 1.82) is 0 Å². The van der Waals surface area contributed by atoms with E-state index >= 15 is 0 Å². The number of carbonyl (C=O) groups excluding carboxylic acids is 1. The molecule has 2 aromatic rings. The van der Waals surface area contributed by atoms with Gasteiger partial charge in [-0.2, -0.15) is 9.78 Å². The van der Waals surface area contributed by atoms with Crippen LogP contribution in [0.1, 0.15) is 55.8 Å². The highest BCUT2D eigenvalue weighted by Gasteiger charge is 2.30. The number of aryl methyl sites for hydroxylation is 1. The number of hydrogen-bond donors (Lipinski definition) is 0. The molecule has 1 aliphatic rings. The monoisotopic (exact) mass is 351 g/mol. The van der Waals surface area contributed by atoms with E-state index < -0.39 is 34.5 Å². The molecule has 1 aromatic heterocycles. The van der Waals surface area contributed by atoms with Crippen LogP contribution < -0.4 is 5.69 Å². The lowest BCUT2D eigenvalue weighted by Crippen LogP contribution is -2.26. The van der Waals surface area contributed by atoms with Crippen molar-refractivity contribution in [3.05, 3.63) is 45.6 Å². The first-order valence-electron chi connectivity index (χ1n) is 7.99. The van der Waals surface area contributed by atoms with Crippen LogP contribution in [0.3, 0.4) is 0 Å². The van der Waals surface area contributed by atoms with Gasteiger partial charge in [0.15, 0.2) is 0 Å². The molecule has 1 aliphatic carbocycles. The van der Waals surface area contributed by atoms with E-state index in [2.05, 4.69) is 5.10 Å². The highest BCUT2D eigenvalue weighted by atomic mass is 19.1. The molecule has 0 spiro atoms. The number of carbonyl (C=O) groups is 1. The summed E-state index contributed by atoms with van der Waals surface area (Å²) in [5.74, 6) is -2.44. The maximum Gasteiger partial charge on any atom is 0.351 e. The van der Waals surface area contributed by atoms with E-state index in [1.807, 2.05) is 0 Å². The van der Waals surface area contributed by atoms with Crippen LogP contribution in [-0.2, 0) is 4.74 Å². The number of rotatable bonds is 3. The number of benzene rings is 1. The van der Waals surface area contributed by atoms with Crippen molar-refractivity contribution in [2.75, 3.05) is 0 Å². The Labute approximate surface area is 143 Å². The highest BCUT2D eigenvalue weighted by molar-refractivity contribution is 5.90. The van der Waals surface area contributed by atoms with Crippen molar-refractivity contribution in [3.8, 4) is 5.69 Å². The zero-order valence-electron chi connectivity index (χ0n) is 14.5. The molecule has 0 aliphatic heterocycles. The van der Waals surface area contributed by atoms with Gasteiger partial charge in [0.05, 0.1) is 5.56 Å². The predicted molar refractivity (Wildman–Crippen MR) is 85.9 cm³/mol. The first-order valence-corrected chi connectivity index (χ1v) is 7.99. The lowest BCUT2D eigenvalue weighted by molar-refractivity contribution is 0.00641. The molecule has 25 heavy (non-hydrogen) atoms. The maximum absolute atomic E-state index is 14.5. The average Bonchev–Trinajstić information content (AvgIpc) is 3.25. The number of aromatic nitrogens is 3. The molecule has 0 unspecified atom stereocenters. The SMILES string of the molecule is Cc1nn(-c2cc(F)c(C(=O)OC(C)(C)C)cc2F)c(=O)n1C1CC1. The van der Waals surface area contributed by atoms with Crippen LogP contribution in [0.4, 0.5) is 8.78 Å². The topological polar surface area (TPSA) is 66.1 Å². The quantitative estimate of drug-likeness (QED) is 0.798. The molecule has 0 bridgehead atoms. The van der Waals surface area contributed by atoms with Gasteiger partial charge in [0.2, 0.25) is 0 Å². The van der Waals surface area contributed by atoms with Gasteiger partial charge in [-0.3, -0.25) is 4.57 Å². The maximum atomic E-state index is 14.5. The smallest absolute Gasteiger partial charge is 0.351 e. The predicted octanol–water partition coefficient (Wildman–Crippen LogP) is 2.91. The normalized spacial score (nSPS) is 14.6. The second-order valence-electron chi connectivity index (χ2n) is 7.13. The minimum Gasteiger partial charge on any atom is -0.456 e. The summed E-state index contributed by atoms with van der Waals surface area (Å²) in [6.45, 7) is 6.51. The molecule has 134 valence electrons. The van der Waals surface area contributed by atoms with E-state index in [1.165, 1.54) is 4.57 Å². The second-order valence-corrected chi connectivity index (χ2v) is 7.13. The molecule has 6 nitrogen and oxygen atoms in total. The van der Waals surface area contributed by atoms with Gasteiger partial charge in [-0.1, -0.05) is 0 Å². The van der Waals surface area contributed by atoms with Crippen molar-refractivity contribution in [2.45, 2.75) is 52.2 Å². The zero-order valence-corrected chi connectivity index (χ0v) is 14.5. The number of hydrogen-bond acceptors (Lipinski definition) is 4. The molecule has 1 saturated carbocycles. The molecular formula is C17H19F2N3O3. The third-order valence-corrected chi connectivity index (χ3v) is 3.78. The Hall–Kier alpha value is -2.51. The first-order chi connectivity index (χ1) is 11.6. The average molecular weight is 351 g/mol. The second kappa shape index (κ2) is 5.79. The van der Waals surface area contributed by atoms with Gasteiger partial charge in [-0.15, -0.1) is 0 Å². The molecule has 8 heteroatoms. The van der Waals surface area contributed by atoms with E-state index in [9.17, 15) is 18.4 Å². The summed E-state index contributed by atoms with van der Waals surface area (Å²) >= 11 is 0. The van der Waals surface area contributed by atoms with Crippen molar-refractivity contribution < 1.29 is 18.3 Å². The fraction of sp³-hybridized carbons (Fsp3) is 0.471. The largest absolute Gasteiger partial charge is 0.456 e. The Kier molecular flexibility index (Phi) is 4.01. The number of halogens is 2. The summed E-state index contributed by atoms with van der Waals surface area (Å²) in [6, 6.07) is 1.59. The van der Waals surface area contributed by atoms with Gasteiger partial charge in [0, 0.05) is 12.1 Å². The van der Waals surface area contributed by atoms with Gasteiger partial charge in [-0.05, 0) is 46.6 Å². The molecule has 0 amide bonds. The number of esters is 1. The Balaban J connectivity index is 2.03. The van der Waals surface area contributed by atoms with Gasteiger partial charge in [0.25, 0.3) is 0 Å². The van der Waals surface area contributed by atoms with Crippen molar-refractivity contribution in [2.24, 2.45) is 0 Å². The fourth-order valence-corrected chi connectivity index (χ4v) is 2.57. The van der Waals surface area contributed by atoms with Crippen LogP contribution in [0.15, 0.2) is 16.9 Å². The van der Waals surface area contributed by atoms with Crippen LogP contribution in [0.5, 0.6) is 0 Å². The Bertz CT molecular complexity index is 905. The van der Waals surface area contributed by atoms with Gasteiger partial charge < -0.3 is 4.74 Å². The van der Waals surface area contributed by atoms with E-state index in [-0.39, 0.29) is 11.7 Å². The Morgan fingerprint density at radius 1 is 1.24 bits per heavy atom. The standard InChI is InChI=1S/C17H19F2N3O3/c1-9-20-22(16(24)21(9)10-5-6-10)14-8-12(18)11(7-13(14)19)15(23)25-17(2,3)4/h7-8,10H,5-6H2,1-4H3. The molecule has 1 heterocycles. The van der Waals surface area contributed by atoms with E-state index in [0.29, 0.717) is 5.82 Å². The summed E-state index contributed by atoms with van der Waals surface area (Å²) in [6.07, 6.45) is 1.72. The number of nitrogens with zero attached hydrogens (tertiary/aromatic N) is 3. The van der Waals surface area contributed by atoms with Crippen LogP contribution in [-0.4, -0.2) is 25.9 Å². The van der Waals surface area contributed by atoms with Gasteiger partial charge >= 0.3 is 11.7 Å². The lowest BCUT2D eigenvalue weighted by Gasteiger charge is -2.19. The molecule has 1 fully saturated rings. The summed E-state index contributed by atoms with van der Waals surface area (Å²) < 4.78 is 36.2. The van der Waals surface area contributed by atoms with Crippen molar-refractivity contribution >= 4 is 5.97 Å². The van der Waals surface area contributed by atoms with Crippen LogP contribution in [0.2, 0.25) is 0 Å². The third-order valence-electron chi connectivity index (χ3n) is 3.78. The van der Waals surface area contributed by atoms with Gasteiger partial charge in [-0.25, -0.2) is 18.4 Å². The van der Waals surface area contributed by atoms with Crippen LogP contribution >= 0.6 is 0 Å². The van der Waals surface area contributed by atoms with E-state index in [1.54, 1.807) is 27.7 Å². The van der Waals surface area contributed by atoms with Crippen LogP contribution in [0.25, 0.3) is 5.69 Å². The highest BCUT2D eigenvalue weighted by Crippen LogP contribution is 2.34. The molecule has 0 saturated heterocycles. The van der Waals surface area contributed by atoms with Crippen molar-refractivity contribution in [1.82, 2.24) is 14.3 Å². The third kappa shape index (κ3) is 3.33. The Morgan fingerprint density at radius 2 is 1.88 bits per heavy atom. The fourth-order valence-electron chi connectivity index (χ4n) is 2.57. The number of ether oxygens (including phenoxy) is 1. The van der Waals surface area contributed by atoms with Gasteiger partial charge in [0.1, 0.15) is 28.7 Å². The minimum atomic E-state index is -0.976. The minimum absolute atomic E-state index is 0.0650. The molecular weight excluding hydrogens is 332 g/mol. The molecule has 1 aromatic carbocycles. The summed E-state index contributed by atoms with van der Waals surface area (Å²) in [5.41, 5.74) is -2.22. The lowest BCUT2D eigenvalue weighted by atomic mass is 10.1. The summed E-state index contributed by atoms with van der Waals surface area (Å²) in [4.78, 5) is 24.4. The van der Waals surface area contributed by atoms with Crippen LogP contribution in [0, 0.1) is 18.6 Å². The molecule has 0 atom stereocenters. The molecule has 0 radical (unpaired) electrons. The Morgan fingerprint density at radius 3 is 2.44 bits per heavy atom. The summed E-state index contributed by atoms with van der Waals surface area (Å²) in [5, 5.41) is 4.02. The molecule has 0 N–H and O–H groups in total.